The van der Waals surface area contributed by atoms with Crippen molar-refractivity contribution in [3.05, 3.63) is 65.7 Å². The highest BCUT2D eigenvalue weighted by atomic mass is 16.7. The van der Waals surface area contributed by atoms with E-state index in [0.29, 0.717) is 56.0 Å². The number of hydroxylamine groups is 2. The molecule has 2 fully saturated rings. The first kappa shape index (κ1) is 37.5. The lowest BCUT2D eigenvalue weighted by Crippen LogP contribution is -2.47. The predicted octanol–water partition coefficient (Wildman–Crippen LogP) is 5.32. The Bertz CT molecular complexity index is 1240. The molecular weight excluding hydrogens is 596 g/mol. The first-order chi connectivity index (χ1) is 22.5. The van der Waals surface area contributed by atoms with Gasteiger partial charge in [0.25, 0.3) is 5.91 Å². The van der Waals surface area contributed by atoms with Crippen LogP contribution in [0.4, 0.5) is 0 Å². The van der Waals surface area contributed by atoms with Crippen LogP contribution in [-0.2, 0) is 25.8 Å². The van der Waals surface area contributed by atoms with Crippen LogP contribution in [-0.4, -0.2) is 85.4 Å². The Hall–Kier alpha value is -3.92. The van der Waals surface area contributed by atoms with E-state index in [1.807, 2.05) is 30.3 Å². The number of likely N-dealkylation sites (tertiary alicyclic amines) is 1. The van der Waals surface area contributed by atoms with Gasteiger partial charge in [0.15, 0.2) is 0 Å². The minimum Gasteiger partial charge on any atom is -0.490 e. The van der Waals surface area contributed by atoms with Crippen LogP contribution in [0.3, 0.4) is 0 Å². The molecule has 0 bridgehead atoms. The fourth-order valence-electron chi connectivity index (χ4n) is 5.76. The van der Waals surface area contributed by atoms with Gasteiger partial charge in [0, 0.05) is 45.6 Å². The zero-order chi connectivity index (χ0) is 34.2. The van der Waals surface area contributed by atoms with E-state index in [4.69, 9.17) is 9.57 Å². The molecule has 1 aliphatic carbocycles. The summed E-state index contributed by atoms with van der Waals surface area (Å²) in [5.41, 5.74) is 1.53. The molecule has 0 spiro atoms. The second-order valence-electron chi connectivity index (χ2n) is 13.4. The number of carbonyl (C=O) groups excluding carboxylic acids is 4. The van der Waals surface area contributed by atoms with Crippen molar-refractivity contribution in [1.29, 1.82) is 0 Å². The van der Waals surface area contributed by atoms with Gasteiger partial charge in [0.05, 0.1) is 19.0 Å². The van der Waals surface area contributed by atoms with Crippen LogP contribution in [0.2, 0.25) is 0 Å². The highest BCUT2D eigenvalue weighted by molar-refractivity contribution is 5.94. The third kappa shape index (κ3) is 13.4. The average Bonchev–Trinajstić information content (AvgIpc) is 3.58. The molecule has 1 N–H and O–H groups in total. The van der Waals surface area contributed by atoms with Gasteiger partial charge in [-0.25, -0.2) is 5.06 Å². The molecule has 0 radical (unpaired) electrons. The highest BCUT2D eigenvalue weighted by Crippen LogP contribution is 2.31. The van der Waals surface area contributed by atoms with E-state index < -0.39 is 5.92 Å². The Kier molecular flexibility index (Phi) is 15.7. The van der Waals surface area contributed by atoms with Crippen molar-refractivity contribution in [3.63, 3.8) is 0 Å². The van der Waals surface area contributed by atoms with Gasteiger partial charge in [0.1, 0.15) is 18.5 Å². The molecule has 10 heteroatoms. The van der Waals surface area contributed by atoms with Crippen molar-refractivity contribution in [2.45, 2.75) is 78.4 Å². The second-order valence-corrected chi connectivity index (χ2v) is 13.4. The van der Waals surface area contributed by atoms with Gasteiger partial charge in [-0.05, 0) is 48.1 Å². The zero-order valence-electron chi connectivity index (χ0n) is 28.9. The summed E-state index contributed by atoms with van der Waals surface area (Å²) in [6.07, 6.45) is 7.05. The summed E-state index contributed by atoms with van der Waals surface area (Å²) in [5.74, 6) is 1.06. The summed E-state index contributed by atoms with van der Waals surface area (Å²) >= 11 is 0. The van der Waals surface area contributed by atoms with E-state index in [-0.39, 0.29) is 43.5 Å². The average molecular weight is 651 g/mol. The van der Waals surface area contributed by atoms with Crippen LogP contribution in [0.5, 0.6) is 5.75 Å². The summed E-state index contributed by atoms with van der Waals surface area (Å²) in [6.45, 7) is 7.86. The van der Waals surface area contributed by atoms with Gasteiger partial charge in [-0.3, -0.25) is 24.0 Å². The van der Waals surface area contributed by atoms with Crippen molar-refractivity contribution in [3.8, 4) is 5.75 Å². The minimum atomic E-state index is -0.463. The number of hydrogen-bond acceptors (Lipinski definition) is 6. The monoisotopic (exact) mass is 650 g/mol. The molecule has 2 aromatic carbocycles. The van der Waals surface area contributed by atoms with Crippen molar-refractivity contribution in [2.75, 3.05) is 40.3 Å². The maximum absolute atomic E-state index is 13.3. The molecule has 2 aliphatic rings. The molecule has 1 saturated heterocycles. The van der Waals surface area contributed by atoms with Crippen molar-refractivity contribution >= 4 is 24.1 Å². The number of piperidine rings is 1. The zero-order valence-corrected chi connectivity index (χ0v) is 28.9. The van der Waals surface area contributed by atoms with Crippen LogP contribution in [0.15, 0.2) is 54.6 Å². The summed E-state index contributed by atoms with van der Waals surface area (Å²) in [5, 5.41) is 4.04. The number of carbonyl (C=O) groups is 4. The quantitative estimate of drug-likeness (QED) is 0.219. The lowest BCUT2D eigenvalue weighted by Gasteiger charge is -2.32. The molecule has 1 aliphatic heterocycles. The first-order valence-corrected chi connectivity index (χ1v) is 17.0. The SMILES string of the molecule is CC(C)C.CN(C)C(=O)c1ccc(OC2CCN(C(=O)CNC(=O)C(CC3CCCC3)CN(C=O)OCc3ccccc3)CC2)cc1. The molecule has 4 amide bonds. The number of hydrogen-bond donors (Lipinski definition) is 1. The van der Waals surface area contributed by atoms with E-state index in [0.717, 1.165) is 37.2 Å². The topological polar surface area (TPSA) is 108 Å². The van der Waals surface area contributed by atoms with E-state index in [1.54, 1.807) is 43.3 Å². The molecule has 1 heterocycles. The Morgan fingerprint density at radius 1 is 0.936 bits per heavy atom. The smallest absolute Gasteiger partial charge is 0.253 e. The Labute approximate surface area is 280 Å². The van der Waals surface area contributed by atoms with Crippen LogP contribution in [0.1, 0.15) is 81.6 Å². The standard InChI is InChI=1S/C33H44N4O6.C4H10/c1-35(2)33(41)27-12-14-29(15-13-27)43-30-16-18-36(19-17-30)31(39)21-34-32(40)28(20-25-8-6-7-9-25)22-37(24-38)42-23-26-10-4-3-5-11-26;1-4(2)3/h3-5,10-15,24-25,28,30H,6-9,16-23H2,1-2H3,(H,34,40);4H,1-3H3. The third-order valence-electron chi connectivity index (χ3n) is 8.24. The van der Waals surface area contributed by atoms with Gasteiger partial charge in [-0.2, -0.15) is 0 Å². The Morgan fingerprint density at radius 3 is 2.13 bits per heavy atom. The maximum Gasteiger partial charge on any atom is 0.253 e. The van der Waals surface area contributed by atoms with E-state index in [2.05, 4.69) is 26.1 Å². The second kappa shape index (κ2) is 19.7. The van der Waals surface area contributed by atoms with E-state index in [1.165, 1.54) is 9.96 Å². The van der Waals surface area contributed by atoms with Gasteiger partial charge in [-0.15, -0.1) is 0 Å². The first-order valence-electron chi connectivity index (χ1n) is 17.0. The summed E-state index contributed by atoms with van der Waals surface area (Å²) in [4.78, 5) is 59.1. The van der Waals surface area contributed by atoms with Crippen molar-refractivity contribution < 1.29 is 28.8 Å². The van der Waals surface area contributed by atoms with Crippen LogP contribution in [0.25, 0.3) is 0 Å². The molecule has 1 saturated carbocycles. The van der Waals surface area contributed by atoms with Crippen LogP contribution in [0, 0.1) is 17.8 Å². The predicted molar refractivity (Wildman–Crippen MR) is 182 cm³/mol. The summed E-state index contributed by atoms with van der Waals surface area (Å²) in [6, 6.07) is 16.7. The number of rotatable bonds is 14. The van der Waals surface area contributed by atoms with Gasteiger partial charge >= 0.3 is 0 Å². The number of amides is 4. The fraction of sp³-hybridized carbons (Fsp3) is 0.568. The van der Waals surface area contributed by atoms with Crippen LogP contribution >= 0.6 is 0 Å². The number of nitrogens with one attached hydrogen (secondary N) is 1. The van der Waals surface area contributed by atoms with E-state index in [9.17, 15) is 19.2 Å². The molecule has 47 heavy (non-hydrogen) atoms. The lowest BCUT2D eigenvalue weighted by atomic mass is 9.92. The van der Waals surface area contributed by atoms with Gasteiger partial charge < -0.3 is 19.9 Å². The van der Waals surface area contributed by atoms with E-state index >= 15 is 0 Å². The molecule has 1 unspecified atom stereocenters. The number of benzene rings is 2. The van der Waals surface area contributed by atoms with Crippen molar-refractivity contribution in [2.24, 2.45) is 17.8 Å². The number of ether oxygens (including phenoxy) is 1. The Balaban J connectivity index is 0.00000142. The molecular formula is C37H54N4O6. The van der Waals surface area contributed by atoms with Gasteiger partial charge in [-0.1, -0.05) is 76.8 Å². The van der Waals surface area contributed by atoms with Gasteiger partial charge in [0.2, 0.25) is 18.2 Å². The van der Waals surface area contributed by atoms with Crippen LogP contribution < -0.4 is 10.1 Å². The summed E-state index contributed by atoms with van der Waals surface area (Å²) < 4.78 is 6.09. The highest BCUT2D eigenvalue weighted by Gasteiger charge is 2.29. The third-order valence-corrected chi connectivity index (χ3v) is 8.24. The summed E-state index contributed by atoms with van der Waals surface area (Å²) in [7, 11) is 3.43. The minimum absolute atomic E-state index is 0.0324. The molecule has 10 nitrogen and oxygen atoms in total. The largest absolute Gasteiger partial charge is 0.490 e. The Morgan fingerprint density at radius 2 is 1.55 bits per heavy atom. The molecule has 258 valence electrons. The normalized spacial score (nSPS) is 15.7. The van der Waals surface area contributed by atoms with Crippen molar-refractivity contribution in [1.82, 2.24) is 20.2 Å². The molecule has 2 aromatic rings. The fourth-order valence-corrected chi connectivity index (χ4v) is 5.76. The molecule has 4 rings (SSSR count). The lowest BCUT2D eigenvalue weighted by molar-refractivity contribution is -0.182. The number of nitrogens with zero attached hydrogens (tertiary/aromatic N) is 3. The molecule has 1 atom stereocenters. The maximum atomic E-state index is 13.3. The molecule has 0 aromatic heterocycles.